The Kier molecular flexibility index (Phi) is 3.95. The summed E-state index contributed by atoms with van der Waals surface area (Å²) >= 11 is 0. The summed E-state index contributed by atoms with van der Waals surface area (Å²) in [7, 11) is 0. The molecule has 2 aromatic carbocycles. The highest BCUT2D eigenvalue weighted by Crippen LogP contribution is 2.25. The van der Waals surface area contributed by atoms with E-state index in [1.54, 1.807) is 25.1 Å². The highest BCUT2D eigenvalue weighted by atomic mass is 19.1. The Morgan fingerprint density at radius 2 is 1.90 bits per heavy atom. The number of Topliss-reactive ketones (excluding diaryl/α,β-unsaturated/α-hetero) is 1. The Morgan fingerprint density at radius 1 is 1.20 bits per heavy atom. The lowest BCUT2D eigenvalue weighted by atomic mass is 9.88. The van der Waals surface area contributed by atoms with E-state index in [0.29, 0.717) is 5.56 Å². The van der Waals surface area contributed by atoms with E-state index in [1.165, 1.54) is 12.1 Å². The lowest BCUT2D eigenvalue weighted by Crippen LogP contribution is -2.14. The molecule has 3 heteroatoms. The first kappa shape index (κ1) is 14.0. The molecular weight excluding hydrogens is 253 g/mol. The Labute approximate surface area is 117 Å². The third-order valence-electron chi connectivity index (χ3n) is 3.28. The molecule has 0 aliphatic rings. The van der Waals surface area contributed by atoms with Crippen molar-refractivity contribution in [1.29, 1.82) is 5.26 Å². The molecule has 0 spiro atoms. The fraction of sp³-hybridized carbons (Fsp3) is 0.176. The summed E-state index contributed by atoms with van der Waals surface area (Å²) in [5.74, 6) is -2.06. The normalized spacial score (nSPS) is 11.7. The monoisotopic (exact) mass is 267 g/mol. The minimum Gasteiger partial charge on any atom is -0.292 e. The van der Waals surface area contributed by atoms with E-state index in [2.05, 4.69) is 0 Å². The van der Waals surface area contributed by atoms with Gasteiger partial charge < -0.3 is 0 Å². The van der Waals surface area contributed by atoms with Gasteiger partial charge in [-0.05, 0) is 37.1 Å². The first-order chi connectivity index (χ1) is 9.54. The van der Waals surface area contributed by atoms with Gasteiger partial charge in [0.1, 0.15) is 11.7 Å². The van der Waals surface area contributed by atoms with Crippen LogP contribution in [0.15, 0.2) is 42.5 Å². The third kappa shape index (κ3) is 2.60. The van der Waals surface area contributed by atoms with Gasteiger partial charge in [-0.15, -0.1) is 0 Å². The largest absolute Gasteiger partial charge is 0.292 e. The summed E-state index contributed by atoms with van der Waals surface area (Å²) in [4.78, 5) is 12.4. The number of halogens is 1. The number of carbonyl (C=O) groups excluding carboxylic acids is 1. The van der Waals surface area contributed by atoms with Crippen LogP contribution in [0.25, 0.3) is 0 Å². The molecule has 0 fully saturated rings. The van der Waals surface area contributed by atoms with E-state index in [0.717, 1.165) is 11.1 Å². The van der Waals surface area contributed by atoms with E-state index in [-0.39, 0.29) is 5.56 Å². The zero-order valence-corrected chi connectivity index (χ0v) is 11.4. The van der Waals surface area contributed by atoms with Crippen LogP contribution in [0, 0.1) is 31.0 Å². The zero-order chi connectivity index (χ0) is 14.7. The van der Waals surface area contributed by atoms with E-state index < -0.39 is 17.5 Å². The van der Waals surface area contributed by atoms with Gasteiger partial charge in [0.25, 0.3) is 0 Å². The second kappa shape index (κ2) is 5.66. The van der Waals surface area contributed by atoms with Gasteiger partial charge in [-0.3, -0.25) is 4.79 Å². The van der Waals surface area contributed by atoms with Crippen LogP contribution in [0.5, 0.6) is 0 Å². The highest BCUT2D eigenvalue weighted by molar-refractivity contribution is 6.03. The molecule has 1 atom stereocenters. The van der Waals surface area contributed by atoms with Crippen molar-refractivity contribution >= 4 is 5.78 Å². The Bertz CT molecular complexity index is 700. The number of carbonyl (C=O) groups is 1. The molecule has 0 N–H and O–H groups in total. The van der Waals surface area contributed by atoms with E-state index >= 15 is 0 Å². The van der Waals surface area contributed by atoms with Crippen molar-refractivity contribution in [1.82, 2.24) is 0 Å². The zero-order valence-electron chi connectivity index (χ0n) is 11.4. The Morgan fingerprint density at radius 3 is 2.55 bits per heavy atom. The molecule has 2 aromatic rings. The van der Waals surface area contributed by atoms with Gasteiger partial charge in [-0.2, -0.15) is 5.26 Å². The van der Waals surface area contributed by atoms with Crippen LogP contribution in [-0.2, 0) is 0 Å². The molecule has 0 radical (unpaired) electrons. The van der Waals surface area contributed by atoms with Crippen molar-refractivity contribution in [3.05, 3.63) is 70.5 Å². The van der Waals surface area contributed by atoms with E-state index in [4.69, 9.17) is 0 Å². The van der Waals surface area contributed by atoms with Gasteiger partial charge in [0.05, 0.1) is 11.6 Å². The summed E-state index contributed by atoms with van der Waals surface area (Å²) in [6, 6.07) is 13.5. The molecule has 1 unspecified atom stereocenters. The fourth-order valence-electron chi connectivity index (χ4n) is 2.16. The second-order valence-electron chi connectivity index (χ2n) is 4.77. The Hall–Kier alpha value is -2.47. The van der Waals surface area contributed by atoms with Crippen molar-refractivity contribution < 1.29 is 9.18 Å². The number of hydrogen-bond donors (Lipinski definition) is 0. The predicted octanol–water partition coefficient (Wildman–Crippen LogP) is 3.93. The maximum absolute atomic E-state index is 13.8. The van der Waals surface area contributed by atoms with Gasteiger partial charge in [0, 0.05) is 0 Å². The maximum Gasteiger partial charge on any atom is 0.187 e. The molecule has 0 aliphatic carbocycles. The summed E-state index contributed by atoms with van der Waals surface area (Å²) in [5.41, 5.74) is 2.23. The predicted molar refractivity (Wildman–Crippen MR) is 75.0 cm³/mol. The van der Waals surface area contributed by atoms with Gasteiger partial charge in [0.2, 0.25) is 0 Å². The molecule has 0 saturated heterocycles. The van der Waals surface area contributed by atoms with Gasteiger partial charge in [-0.25, -0.2) is 4.39 Å². The minimum atomic E-state index is -0.979. The molecule has 0 heterocycles. The molecule has 0 bridgehead atoms. The summed E-state index contributed by atoms with van der Waals surface area (Å²) in [6.45, 7) is 3.62. The van der Waals surface area contributed by atoms with Crippen molar-refractivity contribution in [2.24, 2.45) is 0 Å². The average molecular weight is 267 g/mol. The maximum atomic E-state index is 13.8. The molecular formula is C17H14FNO. The van der Waals surface area contributed by atoms with E-state index in [1.807, 2.05) is 25.1 Å². The molecule has 2 nitrogen and oxygen atoms in total. The first-order valence-corrected chi connectivity index (χ1v) is 6.30. The number of nitrogens with zero attached hydrogens (tertiary/aromatic N) is 1. The molecule has 0 amide bonds. The van der Waals surface area contributed by atoms with Crippen LogP contribution in [0.4, 0.5) is 4.39 Å². The molecule has 100 valence electrons. The number of nitriles is 1. The SMILES string of the molecule is Cc1ccc(F)c(C(=O)C(C#N)c2ccccc2C)c1. The highest BCUT2D eigenvalue weighted by Gasteiger charge is 2.25. The number of benzene rings is 2. The van der Waals surface area contributed by atoms with Crippen LogP contribution in [-0.4, -0.2) is 5.78 Å². The molecule has 20 heavy (non-hydrogen) atoms. The fourth-order valence-corrected chi connectivity index (χ4v) is 2.16. The van der Waals surface area contributed by atoms with Crippen molar-refractivity contribution in [2.75, 3.05) is 0 Å². The quantitative estimate of drug-likeness (QED) is 0.790. The van der Waals surface area contributed by atoms with Crippen LogP contribution in [0.3, 0.4) is 0 Å². The molecule has 0 aliphatic heterocycles. The van der Waals surface area contributed by atoms with Gasteiger partial charge in [-0.1, -0.05) is 35.9 Å². The number of hydrogen-bond acceptors (Lipinski definition) is 2. The lowest BCUT2D eigenvalue weighted by Gasteiger charge is -2.12. The smallest absolute Gasteiger partial charge is 0.187 e. The Balaban J connectivity index is 2.48. The van der Waals surface area contributed by atoms with Crippen molar-refractivity contribution in [3.8, 4) is 6.07 Å². The van der Waals surface area contributed by atoms with E-state index in [9.17, 15) is 14.4 Å². The van der Waals surface area contributed by atoms with Crippen LogP contribution in [0.2, 0.25) is 0 Å². The first-order valence-electron chi connectivity index (χ1n) is 6.30. The average Bonchev–Trinajstić information content (AvgIpc) is 2.44. The van der Waals surface area contributed by atoms with Gasteiger partial charge >= 0.3 is 0 Å². The molecule has 0 aromatic heterocycles. The molecule has 2 rings (SSSR count). The summed E-state index contributed by atoms with van der Waals surface area (Å²) < 4.78 is 13.8. The lowest BCUT2D eigenvalue weighted by molar-refractivity contribution is 0.0974. The summed E-state index contributed by atoms with van der Waals surface area (Å²) in [5, 5.41) is 9.30. The number of rotatable bonds is 3. The van der Waals surface area contributed by atoms with Gasteiger partial charge in [0.15, 0.2) is 5.78 Å². The number of aryl methyl sites for hydroxylation is 2. The third-order valence-corrected chi connectivity index (χ3v) is 3.28. The molecule has 0 saturated carbocycles. The van der Waals surface area contributed by atoms with Crippen LogP contribution < -0.4 is 0 Å². The van der Waals surface area contributed by atoms with Crippen LogP contribution in [0.1, 0.15) is 33.0 Å². The van der Waals surface area contributed by atoms with Crippen molar-refractivity contribution in [2.45, 2.75) is 19.8 Å². The number of ketones is 1. The topological polar surface area (TPSA) is 40.9 Å². The van der Waals surface area contributed by atoms with Crippen molar-refractivity contribution in [3.63, 3.8) is 0 Å². The summed E-state index contributed by atoms with van der Waals surface area (Å²) in [6.07, 6.45) is 0. The second-order valence-corrected chi connectivity index (χ2v) is 4.77. The van der Waals surface area contributed by atoms with Crippen LogP contribution >= 0.6 is 0 Å². The minimum absolute atomic E-state index is 0.0280. The standard InChI is InChI=1S/C17H14FNO/c1-11-7-8-16(18)14(9-11)17(20)15(10-19)13-6-4-3-5-12(13)2/h3-9,15H,1-2H3.